The summed E-state index contributed by atoms with van der Waals surface area (Å²) in [7, 11) is 0. The molecule has 3 N–H and O–H groups in total. The van der Waals surface area contributed by atoms with Crippen molar-refractivity contribution in [3.05, 3.63) is 203 Å². The lowest BCUT2D eigenvalue weighted by atomic mass is 9.98. The molecule has 1 fully saturated rings. The van der Waals surface area contributed by atoms with E-state index in [0.29, 0.717) is 19.5 Å². The second-order valence-electron chi connectivity index (χ2n) is 13.8. The highest BCUT2D eigenvalue weighted by molar-refractivity contribution is 5.74. The third-order valence-corrected chi connectivity index (χ3v) is 9.74. The van der Waals surface area contributed by atoms with Gasteiger partial charge in [0.25, 0.3) is 0 Å². The highest BCUT2D eigenvalue weighted by Gasteiger charge is 2.33. The van der Waals surface area contributed by atoms with E-state index < -0.39 is 6.29 Å². The summed E-state index contributed by atoms with van der Waals surface area (Å²) in [6, 6.07) is 55.4. The number of hydrogen-bond acceptors (Lipinski definition) is 5. The minimum Gasteiger partial charge on any atom is -0.392 e. The lowest BCUT2D eigenvalue weighted by Crippen LogP contribution is -2.39. The van der Waals surface area contributed by atoms with Gasteiger partial charge in [0.05, 0.1) is 18.8 Å². The van der Waals surface area contributed by atoms with Crippen molar-refractivity contribution in [3.63, 3.8) is 0 Å². The van der Waals surface area contributed by atoms with Crippen molar-refractivity contribution in [2.45, 2.75) is 57.7 Å². The Hall–Kier alpha value is -5.57. The Kier molecular flexibility index (Phi) is 12.6. The number of carbonyl (C=O) groups is 1. The van der Waals surface area contributed by atoms with Gasteiger partial charge in [0.15, 0.2) is 6.29 Å². The van der Waals surface area contributed by atoms with Gasteiger partial charge in [-0.1, -0.05) is 152 Å². The number of urea groups is 1. The Morgan fingerprint density at radius 1 is 0.574 bits per heavy atom. The molecule has 0 aliphatic carbocycles. The number of nitrogens with zero attached hydrogens (tertiary/aromatic N) is 1. The number of carbonyl (C=O) groups excluding carboxylic acids is 1. The Balaban J connectivity index is 1.09. The molecule has 7 rings (SSSR count). The van der Waals surface area contributed by atoms with Gasteiger partial charge in [0.2, 0.25) is 0 Å². The maximum absolute atomic E-state index is 12.5. The molecule has 6 aromatic rings. The molecule has 2 amide bonds. The molecule has 0 spiro atoms. The molecule has 1 saturated heterocycles. The molecule has 0 bridgehead atoms. The van der Waals surface area contributed by atoms with E-state index in [4.69, 9.17) is 9.47 Å². The number of ether oxygens (including phenoxy) is 2. The molecule has 6 aromatic carbocycles. The van der Waals surface area contributed by atoms with Crippen molar-refractivity contribution in [1.29, 1.82) is 0 Å². The number of nitrogens with one attached hydrogen (secondary N) is 2. The van der Waals surface area contributed by atoms with Crippen LogP contribution in [0.2, 0.25) is 0 Å². The third kappa shape index (κ3) is 10.3. The van der Waals surface area contributed by atoms with Gasteiger partial charge < -0.3 is 25.2 Å². The molecule has 3 unspecified atom stereocenters. The summed E-state index contributed by atoms with van der Waals surface area (Å²) in [5.41, 5.74) is 9.52. The third-order valence-electron chi connectivity index (χ3n) is 9.74. The van der Waals surface area contributed by atoms with Gasteiger partial charge in [-0.05, 0) is 56.6 Å². The van der Waals surface area contributed by atoms with E-state index in [2.05, 4.69) is 119 Å². The van der Waals surface area contributed by atoms with Crippen LogP contribution in [0.25, 0.3) is 11.1 Å². The van der Waals surface area contributed by atoms with Crippen LogP contribution in [0.1, 0.15) is 57.8 Å². The number of benzene rings is 6. The van der Waals surface area contributed by atoms with Gasteiger partial charge in [-0.25, -0.2) is 4.79 Å². The first-order chi connectivity index (χ1) is 26.6. The molecule has 54 heavy (non-hydrogen) atoms. The highest BCUT2D eigenvalue weighted by atomic mass is 16.7. The highest BCUT2D eigenvalue weighted by Crippen LogP contribution is 2.39. The molecule has 274 valence electrons. The summed E-state index contributed by atoms with van der Waals surface area (Å²) in [6.45, 7) is 3.20. The lowest BCUT2D eigenvalue weighted by molar-refractivity contribution is -0.253. The van der Waals surface area contributed by atoms with Gasteiger partial charge in [0.1, 0.15) is 0 Å². The summed E-state index contributed by atoms with van der Waals surface area (Å²) < 4.78 is 13.6. The van der Waals surface area contributed by atoms with Crippen LogP contribution in [0.4, 0.5) is 4.79 Å². The van der Waals surface area contributed by atoms with Crippen LogP contribution in [0, 0.1) is 0 Å². The fraction of sp³-hybridized carbons (Fsp3) is 0.213. The number of aliphatic hydroxyl groups excluding tert-OH is 1. The minimum atomic E-state index is -0.584. The summed E-state index contributed by atoms with van der Waals surface area (Å²) in [4.78, 5) is 15.0. The molecule has 7 heteroatoms. The average molecular weight is 718 g/mol. The fourth-order valence-electron chi connectivity index (χ4n) is 6.94. The summed E-state index contributed by atoms with van der Waals surface area (Å²) in [5, 5.41) is 15.6. The Morgan fingerprint density at radius 2 is 1.13 bits per heavy atom. The first-order valence-corrected chi connectivity index (χ1v) is 18.6. The molecule has 1 heterocycles. The number of amides is 2. The lowest BCUT2D eigenvalue weighted by Gasteiger charge is -2.38. The molecule has 1 aliphatic heterocycles. The number of rotatable bonds is 14. The van der Waals surface area contributed by atoms with E-state index >= 15 is 0 Å². The molecule has 0 saturated carbocycles. The van der Waals surface area contributed by atoms with Crippen molar-refractivity contribution < 1.29 is 19.4 Å². The zero-order valence-corrected chi connectivity index (χ0v) is 30.4. The fourth-order valence-corrected chi connectivity index (χ4v) is 6.94. The van der Waals surface area contributed by atoms with Crippen molar-refractivity contribution in [1.82, 2.24) is 15.5 Å². The van der Waals surface area contributed by atoms with E-state index in [1.54, 1.807) is 0 Å². The summed E-state index contributed by atoms with van der Waals surface area (Å²) >= 11 is 0. The minimum absolute atomic E-state index is 0.000390. The van der Waals surface area contributed by atoms with Gasteiger partial charge in [0, 0.05) is 44.7 Å². The van der Waals surface area contributed by atoms with Crippen LogP contribution in [-0.2, 0) is 42.3 Å². The number of aliphatic hydroxyl groups is 1. The molecule has 0 radical (unpaired) electrons. The SMILES string of the molecule is O=C(NCc1ccccc1)NCc1cccc(-c2cccc(C3OC(CN(Cc4ccccc4)Cc4ccccc4)CC(c4ccc(CO)cc4)O3)c2)c1. The summed E-state index contributed by atoms with van der Waals surface area (Å²) in [5.74, 6) is 0. The second-order valence-corrected chi connectivity index (χ2v) is 13.8. The largest absolute Gasteiger partial charge is 0.392 e. The molecular weight excluding hydrogens is 671 g/mol. The van der Waals surface area contributed by atoms with E-state index in [9.17, 15) is 9.90 Å². The Morgan fingerprint density at radius 3 is 1.76 bits per heavy atom. The molecule has 0 aromatic heterocycles. The van der Waals surface area contributed by atoms with E-state index in [0.717, 1.165) is 58.6 Å². The van der Waals surface area contributed by atoms with Crippen LogP contribution >= 0.6 is 0 Å². The van der Waals surface area contributed by atoms with Gasteiger partial charge in [-0.15, -0.1) is 0 Å². The normalized spacial score (nSPS) is 16.9. The maximum atomic E-state index is 12.5. The first-order valence-electron chi connectivity index (χ1n) is 18.6. The molecule has 1 aliphatic rings. The van der Waals surface area contributed by atoms with Crippen molar-refractivity contribution >= 4 is 6.03 Å². The van der Waals surface area contributed by atoms with E-state index in [1.165, 1.54) is 11.1 Å². The van der Waals surface area contributed by atoms with Crippen LogP contribution in [0.15, 0.2) is 164 Å². The van der Waals surface area contributed by atoms with Crippen LogP contribution < -0.4 is 10.6 Å². The van der Waals surface area contributed by atoms with Crippen LogP contribution in [-0.4, -0.2) is 28.7 Å². The standard InChI is InChI=1S/C47H47N3O4/c51-34-38-22-24-40(25-23-38)45-28-44(33-50(31-36-14-6-2-7-15-36)32-37-16-8-3-9-17-37)53-46(54-45)43-21-11-20-42(27-43)41-19-10-18-39(26-41)30-49-47(52)48-29-35-12-4-1-5-13-35/h1-27,44-46,51H,28-34H2,(H2,48,49,52). The van der Waals surface area contributed by atoms with E-state index in [1.807, 2.05) is 60.7 Å². The smallest absolute Gasteiger partial charge is 0.315 e. The quantitative estimate of drug-likeness (QED) is 0.105. The van der Waals surface area contributed by atoms with Crippen molar-refractivity contribution in [2.75, 3.05) is 6.54 Å². The topological polar surface area (TPSA) is 83.1 Å². The Labute approximate surface area is 318 Å². The zero-order valence-electron chi connectivity index (χ0n) is 30.4. The van der Waals surface area contributed by atoms with Crippen LogP contribution in [0.3, 0.4) is 0 Å². The average Bonchev–Trinajstić information content (AvgIpc) is 3.23. The van der Waals surface area contributed by atoms with E-state index in [-0.39, 0.29) is 24.8 Å². The maximum Gasteiger partial charge on any atom is 0.315 e. The second kappa shape index (κ2) is 18.5. The summed E-state index contributed by atoms with van der Waals surface area (Å²) in [6.07, 6.45) is -0.185. The monoisotopic (exact) mass is 717 g/mol. The predicted molar refractivity (Wildman–Crippen MR) is 213 cm³/mol. The first kappa shape index (κ1) is 36.8. The Bertz CT molecular complexity index is 2020. The van der Waals surface area contributed by atoms with Crippen molar-refractivity contribution in [3.8, 4) is 11.1 Å². The van der Waals surface area contributed by atoms with Crippen LogP contribution in [0.5, 0.6) is 0 Å². The van der Waals surface area contributed by atoms with Gasteiger partial charge >= 0.3 is 6.03 Å². The molecule has 3 atom stereocenters. The number of hydrogen-bond donors (Lipinski definition) is 3. The molecular formula is C47H47N3O4. The molecule has 7 nitrogen and oxygen atoms in total. The van der Waals surface area contributed by atoms with Gasteiger partial charge in [-0.3, -0.25) is 4.90 Å². The predicted octanol–water partition coefficient (Wildman–Crippen LogP) is 9.09. The van der Waals surface area contributed by atoms with Gasteiger partial charge in [-0.2, -0.15) is 0 Å². The van der Waals surface area contributed by atoms with Crippen molar-refractivity contribution in [2.24, 2.45) is 0 Å². The zero-order chi connectivity index (χ0) is 37.0.